The van der Waals surface area contributed by atoms with Gasteiger partial charge in [0, 0.05) is 6.54 Å². The average Bonchev–Trinajstić information content (AvgIpc) is 2.89. The molecule has 2 aromatic heterocycles. The lowest BCUT2D eigenvalue weighted by atomic mass is 10.1. The van der Waals surface area contributed by atoms with Gasteiger partial charge in [-0.1, -0.05) is 18.2 Å². The number of fused-ring (bicyclic) bond motifs is 1. The van der Waals surface area contributed by atoms with E-state index in [1.54, 1.807) is 6.20 Å². The van der Waals surface area contributed by atoms with Crippen LogP contribution in [0.4, 0.5) is 5.82 Å². The first kappa shape index (κ1) is 11.6. The fraction of sp³-hybridized carbons (Fsp3) is 0.214. The standard InChI is InChI=1S/C14H15N5/c1-9-3-4-11(5-10(9)2)6-15-13-12-7-18-19-14(12)17-8-16-13/h3-5,7-8H,6H2,1-2H3,(H2,15,16,17,18,19). The molecule has 19 heavy (non-hydrogen) atoms. The molecule has 0 aliphatic carbocycles. The fourth-order valence-corrected chi connectivity index (χ4v) is 2.01. The van der Waals surface area contributed by atoms with Gasteiger partial charge in [0.1, 0.15) is 12.1 Å². The van der Waals surface area contributed by atoms with Crippen LogP contribution in [0.3, 0.4) is 0 Å². The predicted octanol–water partition coefficient (Wildman–Crippen LogP) is 2.58. The summed E-state index contributed by atoms with van der Waals surface area (Å²) in [6.07, 6.45) is 3.27. The molecule has 0 atom stereocenters. The number of benzene rings is 1. The molecule has 0 fully saturated rings. The highest BCUT2D eigenvalue weighted by molar-refractivity contribution is 5.85. The normalized spacial score (nSPS) is 10.8. The second-order valence-electron chi connectivity index (χ2n) is 4.63. The highest BCUT2D eigenvalue weighted by Gasteiger charge is 2.05. The Labute approximate surface area is 111 Å². The van der Waals surface area contributed by atoms with Gasteiger partial charge in [0.15, 0.2) is 5.65 Å². The van der Waals surface area contributed by atoms with Crippen LogP contribution in [-0.2, 0) is 6.54 Å². The minimum Gasteiger partial charge on any atom is -0.365 e. The SMILES string of the molecule is Cc1ccc(CNc2ncnc3[nH]ncc23)cc1C. The van der Waals surface area contributed by atoms with Gasteiger partial charge in [-0.2, -0.15) is 5.10 Å². The van der Waals surface area contributed by atoms with Crippen LogP contribution in [-0.4, -0.2) is 20.2 Å². The minimum absolute atomic E-state index is 0.735. The first-order valence-corrected chi connectivity index (χ1v) is 6.18. The number of hydrogen-bond donors (Lipinski definition) is 2. The van der Waals surface area contributed by atoms with Gasteiger partial charge in [-0.05, 0) is 30.5 Å². The van der Waals surface area contributed by atoms with Crippen molar-refractivity contribution in [2.45, 2.75) is 20.4 Å². The van der Waals surface area contributed by atoms with Gasteiger partial charge < -0.3 is 5.32 Å². The number of aromatic amines is 1. The van der Waals surface area contributed by atoms with Crippen LogP contribution in [0.5, 0.6) is 0 Å². The molecule has 5 nitrogen and oxygen atoms in total. The summed E-state index contributed by atoms with van der Waals surface area (Å²) in [5, 5.41) is 11.0. The molecule has 2 heterocycles. The van der Waals surface area contributed by atoms with Crippen molar-refractivity contribution >= 4 is 16.9 Å². The summed E-state index contributed by atoms with van der Waals surface area (Å²) < 4.78 is 0. The zero-order chi connectivity index (χ0) is 13.2. The van der Waals surface area contributed by atoms with Crippen molar-refractivity contribution < 1.29 is 0 Å². The van der Waals surface area contributed by atoms with E-state index in [1.165, 1.54) is 23.0 Å². The van der Waals surface area contributed by atoms with Crippen molar-refractivity contribution in [2.24, 2.45) is 0 Å². The number of anilines is 1. The smallest absolute Gasteiger partial charge is 0.160 e. The minimum atomic E-state index is 0.735. The third-order valence-electron chi connectivity index (χ3n) is 3.28. The molecule has 0 aliphatic rings. The number of hydrogen-bond acceptors (Lipinski definition) is 4. The van der Waals surface area contributed by atoms with Gasteiger partial charge in [-0.3, -0.25) is 5.10 Å². The summed E-state index contributed by atoms with van der Waals surface area (Å²) in [7, 11) is 0. The van der Waals surface area contributed by atoms with Crippen molar-refractivity contribution in [2.75, 3.05) is 5.32 Å². The number of rotatable bonds is 3. The third kappa shape index (κ3) is 2.27. The van der Waals surface area contributed by atoms with Crippen LogP contribution in [0, 0.1) is 13.8 Å². The monoisotopic (exact) mass is 253 g/mol. The topological polar surface area (TPSA) is 66.5 Å². The molecule has 0 amide bonds. The molecule has 3 rings (SSSR count). The van der Waals surface area contributed by atoms with Crippen LogP contribution >= 0.6 is 0 Å². The lowest BCUT2D eigenvalue weighted by Gasteiger charge is -2.08. The van der Waals surface area contributed by atoms with Gasteiger partial charge in [0.2, 0.25) is 0 Å². The Morgan fingerprint density at radius 3 is 2.89 bits per heavy atom. The Kier molecular flexibility index (Phi) is 2.87. The molecule has 0 aliphatic heterocycles. The van der Waals surface area contributed by atoms with Crippen molar-refractivity contribution in [3.63, 3.8) is 0 Å². The van der Waals surface area contributed by atoms with Gasteiger partial charge in [0.05, 0.1) is 11.6 Å². The van der Waals surface area contributed by atoms with Gasteiger partial charge in [-0.15, -0.1) is 0 Å². The third-order valence-corrected chi connectivity index (χ3v) is 3.28. The van der Waals surface area contributed by atoms with Crippen LogP contribution in [0.1, 0.15) is 16.7 Å². The Morgan fingerprint density at radius 2 is 2.05 bits per heavy atom. The summed E-state index contributed by atoms with van der Waals surface area (Å²) in [5.74, 6) is 0.803. The van der Waals surface area contributed by atoms with Crippen LogP contribution in [0.2, 0.25) is 0 Å². The molecular formula is C14H15N5. The Bertz CT molecular complexity index is 717. The molecule has 2 N–H and O–H groups in total. The Balaban J connectivity index is 1.82. The molecule has 96 valence electrons. The average molecular weight is 253 g/mol. The molecule has 5 heteroatoms. The largest absolute Gasteiger partial charge is 0.365 e. The van der Waals surface area contributed by atoms with Crippen LogP contribution in [0.15, 0.2) is 30.7 Å². The second-order valence-corrected chi connectivity index (χ2v) is 4.63. The quantitative estimate of drug-likeness (QED) is 0.753. The van der Waals surface area contributed by atoms with Gasteiger partial charge >= 0.3 is 0 Å². The van der Waals surface area contributed by atoms with Crippen LogP contribution < -0.4 is 5.32 Å². The van der Waals surface area contributed by atoms with Crippen LogP contribution in [0.25, 0.3) is 11.0 Å². The molecule has 0 spiro atoms. The summed E-state index contributed by atoms with van der Waals surface area (Å²) in [6.45, 7) is 4.97. The molecule has 0 unspecified atom stereocenters. The van der Waals surface area contributed by atoms with E-state index < -0.39 is 0 Å². The van der Waals surface area contributed by atoms with E-state index in [1.807, 2.05) is 0 Å². The number of nitrogens with one attached hydrogen (secondary N) is 2. The van der Waals surface area contributed by atoms with E-state index in [9.17, 15) is 0 Å². The summed E-state index contributed by atoms with van der Waals surface area (Å²) in [4.78, 5) is 8.37. The molecule has 0 radical (unpaired) electrons. The summed E-state index contributed by atoms with van der Waals surface area (Å²) in [6, 6.07) is 6.46. The lowest BCUT2D eigenvalue weighted by Crippen LogP contribution is -2.02. The summed E-state index contributed by atoms with van der Waals surface area (Å²) >= 11 is 0. The fourth-order valence-electron chi connectivity index (χ4n) is 2.01. The Morgan fingerprint density at radius 1 is 1.16 bits per heavy atom. The Hall–Kier alpha value is -2.43. The maximum absolute atomic E-state index is 4.25. The zero-order valence-corrected chi connectivity index (χ0v) is 10.9. The highest BCUT2D eigenvalue weighted by Crippen LogP contribution is 2.17. The van der Waals surface area contributed by atoms with Crippen molar-refractivity contribution in [3.8, 4) is 0 Å². The first-order chi connectivity index (χ1) is 9.24. The molecule has 1 aromatic carbocycles. The van der Waals surface area contributed by atoms with Crippen molar-refractivity contribution in [1.29, 1.82) is 0 Å². The second kappa shape index (κ2) is 4.68. The van der Waals surface area contributed by atoms with E-state index in [4.69, 9.17) is 0 Å². The van der Waals surface area contributed by atoms with Crippen molar-refractivity contribution in [3.05, 3.63) is 47.4 Å². The lowest BCUT2D eigenvalue weighted by molar-refractivity contribution is 1.08. The van der Waals surface area contributed by atoms with Crippen molar-refractivity contribution in [1.82, 2.24) is 20.2 Å². The van der Waals surface area contributed by atoms with E-state index in [2.05, 4.69) is 57.5 Å². The van der Waals surface area contributed by atoms with E-state index in [0.717, 1.165) is 23.4 Å². The number of H-pyrrole nitrogens is 1. The van der Waals surface area contributed by atoms with Gasteiger partial charge in [-0.25, -0.2) is 9.97 Å². The number of aromatic nitrogens is 4. The number of nitrogens with zero attached hydrogens (tertiary/aromatic N) is 3. The molecule has 0 bridgehead atoms. The first-order valence-electron chi connectivity index (χ1n) is 6.18. The maximum atomic E-state index is 4.25. The van der Waals surface area contributed by atoms with Gasteiger partial charge in [0.25, 0.3) is 0 Å². The molecule has 3 aromatic rings. The molecule has 0 saturated carbocycles. The molecule has 0 saturated heterocycles. The zero-order valence-electron chi connectivity index (χ0n) is 10.9. The predicted molar refractivity (Wildman–Crippen MR) is 74.9 cm³/mol. The van der Waals surface area contributed by atoms with E-state index in [0.29, 0.717) is 0 Å². The highest BCUT2D eigenvalue weighted by atomic mass is 15.2. The maximum Gasteiger partial charge on any atom is 0.160 e. The van der Waals surface area contributed by atoms with E-state index >= 15 is 0 Å². The summed E-state index contributed by atoms with van der Waals surface area (Å²) in [5.41, 5.74) is 4.59. The molecular weight excluding hydrogens is 238 g/mol. The number of aryl methyl sites for hydroxylation is 2. The van der Waals surface area contributed by atoms with E-state index in [-0.39, 0.29) is 0 Å².